The van der Waals surface area contributed by atoms with Gasteiger partial charge >= 0.3 is 5.97 Å². The molecule has 0 spiro atoms. The predicted octanol–water partition coefficient (Wildman–Crippen LogP) is 3.98. The van der Waals surface area contributed by atoms with Crippen LogP contribution >= 0.6 is 0 Å². The van der Waals surface area contributed by atoms with E-state index in [1.54, 1.807) is 0 Å². The molecule has 1 N–H and O–H groups in total. The lowest BCUT2D eigenvalue weighted by molar-refractivity contribution is -0.145. The first-order chi connectivity index (χ1) is 14.5. The molecule has 0 aliphatic heterocycles. The van der Waals surface area contributed by atoms with Crippen LogP contribution in [0.25, 0.3) is 11.1 Å². The van der Waals surface area contributed by atoms with Gasteiger partial charge in [0.15, 0.2) is 0 Å². The van der Waals surface area contributed by atoms with E-state index in [0.717, 1.165) is 34.4 Å². The van der Waals surface area contributed by atoms with Crippen LogP contribution in [0.15, 0.2) is 66.7 Å². The summed E-state index contributed by atoms with van der Waals surface area (Å²) in [5.41, 5.74) is 3.37. The first-order valence-corrected chi connectivity index (χ1v) is 9.49. The minimum absolute atomic E-state index is 0.342. The van der Waals surface area contributed by atoms with Crippen molar-refractivity contribution in [3.8, 4) is 11.1 Å². The van der Waals surface area contributed by atoms with E-state index in [1.807, 2.05) is 48.5 Å². The van der Waals surface area contributed by atoms with Crippen molar-refractivity contribution in [2.45, 2.75) is 18.4 Å². The van der Waals surface area contributed by atoms with Crippen LogP contribution in [0.3, 0.4) is 0 Å². The third kappa shape index (κ3) is 3.45. The topological polar surface area (TPSA) is 55.4 Å². The molecule has 1 amide bonds. The Hall–Kier alpha value is -3.54. The number of halogens is 2. The fourth-order valence-electron chi connectivity index (χ4n) is 4.05. The van der Waals surface area contributed by atoms with Crippen LogP contribution in [0.2, 0.25) is 0 Å². The summed E-state index contributed by atoms with van der Waals surface area (Å²) < 4.78 is 32.9. The second-order valence-electron chi connectivity index (χ2n) is 7.10. The number of ether oxygens (including phenoxy) is 1. The van der Waals surface area contributed by atoms with Crippen LogP contribution in [0, 0.1) is 11.6 Å². The first-order valence-electron chi connectivity index (χ1n) is 9.49. The molecule has 0 saturated carbocycles. The zero-order valence-corrected chi connectivity index (χ0v) is 16.2. The molecule has 0 radical (unpaired) electrons. The van der Waals surface area contributed by atoms with E-state index in [-0.39, 0.29) is 5.56 Å². The zero-order valence-electron chi connectivity index (χ0n) is 16.2. The van der Waals surface area contributed by atoms with Gasteiger partial charge in [-0.1, -0.05) is 54.6 Å². The average molecular weight is 407 g/mol. The number of benzene rings is 3. The summed E-state index contributed by atoms with van der Waals surface area (Å²) in [5, 5.41) is 2.65. The lowest BCUT2D eigenvalue weighted by atomic mass is 9.89. The predicted molar refractivity (Wildman–Crippen MR) is 108 cm³/mol. The van der Waals surface area contributed by atoms with Gasteiger partial charge in [0.25, 0.3) is 0 Å². The van der Waals surface area contributed by atoms with E-state index in [9.17, 15) is 18.4 Å². The maximum atomic E-state index is 14.0. The number of fused-ring (bicyclic) bond motifs is 3. The molecule has 3 aromatic rings. The molecule has 1 aliphatic carbocycles. The summed E-state index contributed by atoms with van der Waals surface area (Å²) in [6, 6.07) is 17.6. The molecule has 30 heavy (non-hydrogen) atoms. The molecule has 6 heteroatoms. The third-order valence-corrected chi connectivity index (χ3v) is 5.39. The zero-order chi connectivity index (χ0) is 21.3. The highest BCUT2D eigenvalue weighted by atomic mass is 19.1. The molecule has 0 unspecified atom stereocenters. The van der Waals surface area contributed by atoms with Crippen LogP contribution in [-0.2, 0) is 20.7 Å². The second-order valence-corrected chi connectivity index (χ2v) is 7.10. The number of hydrogen-bond acceptors (Lipinski definition) is 3. The molecular formula is C24H19F2NO3. The van der Waals surface area contributed by atoms with Crippen LogP contribution in [-0.4, -0.2) is 25.0 Å². The SMILES string of the molecule is COC(=O)[C@@H](NC(=O)Cc1c(F)cccc1F)C1c2ccccc2-c2ccccc21. The molecular weight excluding hydrogens is 388 g/mol. The van der Waals surface area contributed by atoms with Crippen LogP contribution in [0.1, 0.15) is 22.6 Å². The Morgan fingerprint density at radius 2 is 1.43 bits per heavy atom. The normalized spacial score (nSPS) is 13.3. The quantitative estimate of drug-likeness (QED) is 0.651. The van der Waals surface area contributed by atoms with Gasteiger partial charge in [-0.25, -0.2) is 13.6 Å². The number of hydrogen-bond donors (Lipinski definition) is 1. The monoisotopic (exact) mass is 407 g/mol. The number of esters is 1. The Labute approximate surface area is 172 Å². The Morgan fingerprint density at radius 3 is 1.97 bits per heavy atom. The van der Waals surface area contributed by atoms with E-state index in [1.165, 1.54) is 13.2 Å². The van der Waals surface area contributed by atoms with Crippen molar-refractivity contribution in [2.24, 2.45) is 0 Å². The number of rotatable bonds is 5. The standard InChI is InChI=1S/C24H19F2NO3/c1-30-24(29)23(27-21(28)13-18-19(25)11-6-12-20(18)26)22-16-9-4-2-7-14(16)15-8-3-5-10-17(15)22/h2-12,22-23H,13H2,1H3,(H,27,28)/t23-/m0/s1. The van der Waals surface area contributed by atoms with Gasteiger partial charge in [-0.15, -0.1) is 0 Å². The minimum Gasteiger partial charge on any atom is -0.467 e. The molecule has 4 nitrogen and oxygen atoms in total. The van der Waals surface area contributed by atoms with Crippen LogP contribution in [0.5, 0.6) is 0 Å². The fraction of sp³-hybridized carbons (Fsp3) is 0.167. The lowest BCUT2D eigenvalue weighted by Gasteiger charge is -2.24. The van der Waals surface area contributed by atoms with Crippen LogP contribution in [0.4, 0.5) is 8.78 Å². The van der Waals surface area contributed by atoms with Gasteiger partial charge < -0.3 is 10.1 Å². The molecule has 4 rings (SSSR count). The number of carbonyl (C=O) groups is 2. The maximum Gasteiger partial charge on any atom is 0.329 e. The van der Waals surface area contributed by atoms with Gasteiger partial charge in [-0.3, -0.25) is 4.79 Å². The molecule has 0 fully saturated rings. The number of amides is 1. The Balaban J connectivity index is 1.69. The summed E-state index contributed by atoms with van der Waals surface area (Å²) in [7, 11) is 1.24. The summed E-state index contributed by atoms with van der Waals surface area (Å²) in [5.74, 6) is -3.39. The summed E-state index contributed by atoms with van der Waals surface area (Å²) >= 11 is 0. The molecule has 0 heterocycles. The Bertz CT molecular complexity index is 1060. The van der Waals surface area contributed by atoms with Gasteiger partial charge in [0, 0.05) is 11.5 Å². The van der Waals surface area contributed by atoms with Crippen molar-refractivity contribution in [2.75, 3.05) is 7.11 Å². The highest BCUT2D eigenvalue weighted by Crippen LogP contribution is 2.46. The fourth-order valence-corrected chi connectivity index (χ4v) is 4.05. The van der Waals surface area contributed by atoms with Crippen molar-refractivity contribution in [1.29, 1.82) is 0 Å². The van der Waals surface area contributed by atoms with Crippen molar-refractivity contribution < 1.29 is 23.1 Å². The highest BCUT2D eigenvalue weighted by molar-refractivity contribution is 5.90. The van der Waals surface area contributed by atoms with Crippen molar-refractivity contribution in [3.63, 3.8) is 0 Å². The Kier molecular flexibility index (Phi) is 5.31. The van der Waals surface area contributed by atoms with E-state index in [0.29, 0.717) is 0 Å². The number of nitrogens with one attached hydrogen (secondary N) is 1. The minimum atomic E-state index is -1.04. The van der Waals surface area contributed by atoms with Gasteiger partial charge in [-0.2, -0.15) is 0 Å². The van der Waals surface area contributed by atoms with E-state index < -0.39 is 41.9 Å². The molecule has 1 atom stereocenters. The van der Waals surface area contributed by atoms with E-state index in [4.69, 9.17) is 4.74 Å². The molecule has 152 valence electrons. The van der Waals surface area contributed by atoms with Crippen molar-refractivity contribution in [3.05, 3.63) is 95.1 Å². The highest BCUT2D eigenvalue weighted by Gasteiger charge is 2.39. The van der Waals surface area contributed by atoms with Gasteiger partial charge in [-0.05, 0) is 34.4 Å². The van der Waals surface area contributed by atoms with Gasteiger partial charge in [0.05, 0.1) is 13.5 Å². The molecule has 1 aliphatic rings. The van der Waals surface area contributed by atoms with Crippen molar-refractivity contribution in [1.82, 2.24) is 5.32 Å². The summed E-state index contributed by atoms with van der Waals surface area (Å²) in [6.07, 6.45) is -0.526. The second kappa shape index (κ2) is 8.06. The van der Waals surface area contributed by atoms with Gasteiger partial charge in [0.2, 0.25) is 5.91 Å². The molecule has 0 bridgehead atoms. The number of carbonyl (C=O) groups excluding carboxylic acids is 2. The van der Waals surface area contributed by atoms with Crippen molar-refractivity contribution >= 4 is 11.9 Å². The van der Waals surface area contributed by atoms with E-state index in [2.05, 4.69) is 5.32 Å². The molecule has 0 aromatic heterocycles. The smallest absolute Gasteiger partial charge is 0.329 e. The average Bonchev–Trinajstić information content (AvgIpc) is 3.08. The largest absolute Gasteiger partial charge is 0.467 e. The maximum absolute atomic E-state index is 14.0. The lowest BCUT2D eigenvalue weighted by Crippen LogP contribution is -2.46. The molecule has 3 aromatic carbocycles. The number of methoxy groups -OCH3 is 1. The third-order valence-electron chi connectivity index (χ3n) is 5.39. The van der Waals surface area contributed by atoms with E-state index >= 15 is 0 Å². The summed E-state index contributed by atoms with van der Waals surface area (Å²) in [4.78, 5) is 25.3. The van der Waals surface area contributed by atoms with Gasteiger partial charge in [0.1, 0.15) is 17.7 Å². The first kappa shape index (κ1) is 19.8. The summed E-state index contributed by atoms with van der Waals surface area (Å²) in [6.45, 7) is 0. The van der Waals surface area contributed by atoms with Crippen LogP contribution < -0.4 is 5.32 Å². The molecule has 0 saturated heterocycles. The Morgan fingerprint density at radius 1 is 0.900 bits per heavy atom.